The number of halogens is 1. The zero-order valence-corrected chi connectivity index (χ0v) is 13.2. The number of ketones is 1. The number of hydrogen-bond acceptors (Lipinski definition) is 3. The van der Waals surface area contributed by atoms with Crippen LogP contribution in [0, 0.1) is 12.7 Å². The normalized spacial score (nSPS) is 11.7. The minimum atomic E-state index is -0.762. The topological polar surface area (TPSA) is 55.4 Å². The Morgan fingerprint density at radius 2 is 1.78 bits per heavy atom. The predicted molar refractivity (Wildman–Crippen MR) is 86.3 cm³/mol. The van der Waals surface area contributed by atoms with Crippen molar-refractivity contribution in [3.05, 3.63) is 59.4 Å². The maximum Gasteiger partial charge on any atom is 0.265 e. The molecule has 5 heteroatoms. The molecule has 4 nitrogen and oxygen atoms in total. The Balaban J connectivity index is 1.99. The van der Waals surface area contributed by atoms with Crippen LogP contribution in [0.25, 0.3) is 0 Å². The second-order valence-corrected chi connectivity index (χ2v) is 5.29. The van der Waals surface area contributed by atoms with E-state index >= 15 is 0 Å². The lowest BCUT2D eigenvalue weighted by Gasteiger charge is -2.15. The van der Waals surface area contributed by atoms with Crippen LogP contribution in [0.15, 0.2) is 42.5 Å². The first kappa shape index (κ1) is 16.7. The van der Waals surface area contributed by atoms with Crippen LogP contribution in [0.3, 0.4) is 0 Å². The summed E-state index contributed by atoms with van der Waals surface area (Å²) in [5, 5.41) is 2.60. The molecule has 0 aliphatic carbocycles. The molecule has 1 amide bonds. The number of carbonyl (C=O) groups is 2. The van der Waals surface area contributed by atoms with Crippen molar-refractivity contribution in [2.45, 2.75) is 26.9 Å². The van der Waals surface area contributed by atoms with Gasteiger partial charge in [-0.15, -0.1) is 0 Å². The molecule has 0 heterocycles. The van der Waals surface area contributed by atoms with Crippen LogP contribution in [-0.4, -0.2) is 17.8 Å². The van der Waals surface area contributed by atoms with Gasteiger partial charge in [0.25, 0.3) is 5.91 Å². The molecule has 0 unspecified atom stereocenters. The lowest BCUT2D eigenvalue weighted by molar-refractivity contribution is -0.122. The van der Waals surface area contributed by atoms with Crippen molar-refractivity contribution in [1.29, 1.82) is 0 Å². The molecule has 1 N–H and O–H groups in total. The van der Waals surface area contributed by atoms with E-state index in [0.29, 0.717) is 22.6 Å². The van der Waals surface area contributed by atoms with Gasteiger partial charge in [-0.2, -0.15) is 0 Å². The van der Waals surface area contributed by atoms with E-state index in [1.54, 1.807) is 50.2 Å². The van der Waals surface area contributed by atoms with E-state index in [4.69, 9.17) is 4.74 Å². The second-order valence-electron chi connectivity index (χ2n) is 5.29. The Kier molecular flexibility index (Phi) is 5.11. The Hall–Kier alpha value is -2.69. The molecule has 2 aromatic rings. The first-order valence-corrected chi connectivity index (χ1v) is 7.21. The van der Waals surface area contributed by atoms with Gasteiger partial charge in [0.2, 0.25) is 0 Å². The molecule has 0 aliphatic rings. The van der Waals surface area contributed by atoms with Gasteiger partial charge in [-0.3, -0.25) is 9.59 Å². The third-order valence-electron chi connectivity index (χ3n) is 3.38. The number of hydrogen-bond donors (Lipinski definition) is 1. The molecule has 120 valence electrons. The van der Waals surface area contributed by atoms with Gasteiger partial charge in [-0.25, -0.2) is 4.39 Å². The van der Waals surface area contributed by atoms with Gasteiger partial charge in [0, 0.05) is 11.3 Å². The number of carbonyl (C=O) groups excluding carboxylic acids is 2. The molecule has 0 aliphatic heterocycles. The number of benzene rings is 2. The fourth-order valence-corrected chi connectivity index (χ4v) is 1.94. The highest BCUT2D eigenvalue weighted by Gasteiger charge is 2.15. The molecule has 1 atom stereocenters. The van der Waals surface area contributed by atoms with Gasteiger partial charge < -0.3 is 10.1 Å². The second kappa shape index (κ2) is 7.05. The number of Topliss-reactive ketones (excluding diaryl/α,β-unsaturated/α-hetero) is 1. The van der Waals surface area contributed by atoms with Crippen LogP contribution in [0.1, 0.15) is 29.8 Å². The van der Waals surface area contributed by atoms with Gasteiger partial charge in [0.1, 0.15) is 11.6 Å². The van der Waals surface area contributed by atoms with Gasteiger partial charge in [0.15, 0.2) is 11.9 Å². The predicted octanol–water partition coefficient (Wildman–Crippen LogP) is 3.74. The van der Waals surface area contributed by atoms with Crippen LogP contribution < -0.4 is 10.1 Å². The third-order valence-corrected chi connectivity index (χ3v) is 3.38. The molecule has 0 saturated heterocycles. The molecule has 0 radical (unpaired) electrons. The van der Waals surface area contributed by atoms with Crippen LogP contribution in [0.2, 0.25) is 0 Å². The van der Waals surface area contributed by atoms with Gasteiger partial charge in [-0.05, 0) is 62.7 Å². The van der Waals surface area contributed by atoms with Crippen molar-refractivity contribution in [3.63, 3.8) is 0 Å². The average molecular weight is 315 g/mol. The molecular formula is C18H18FNO3. The molecule has 2 rings (SSSR count). The fourth-order valence-electron chi connectivity index (χ4n) is 1.94. The van der Waals surface area contributed by atoms with Crippen molar-refractivity contribution >= 4 is 17.4 Å². The summed E-state index contributed by atoms with van der Waals surface area (Å²) >= 11 is 0. The maximum atomic E-state index is 13.5. The smallest absolute Gasteiger partial charge is 0.265 e. The zero-order valence-electron chi connectivity index (χ0n) is 13.2. The summed E-state index contributed by atoms with van der Waals surface area (Å²) in [6.45, 7) is 4.72. The Morgan fingerprint density at radius 1 is 1.13 bits per heavy atom. The van der Waals surface area contributed by atoms with Crippen LogP contribution in [0.5, 0.6) is 5.75 Å². The quantitative estimate of drug-likeness (QED) is 0.855. The van der Waals surface area contributed by atoms with Gasteiger partial charge >= 0.3 is 0 Å². The molecule has 23 heavy (non-hydrogen) atoms. The number of rotatable bonds is 5. The SMILES string of the molecule is CC(=O)c1ccc(O[C@H](C)C(=O)Nc2ccc(C)c(F)c2)cc1. The maximum absolute atomic E-state index is 13.5. The van der Waals surface area contributed by atoms with E-state index in [1.807, 2.05) is 0 Å². The summed E-state index contributed by atoms with van der Waals surface area (Å²) in [7, 11) is 0. The Labute approximate surface area is 134 Å². The molecule has 0 bridgehead atoms. The van der Waals surface area contributed by atoms with E-state index in [9.17, 15) is 14.0 Å². The van der Waals surface area contributed by atoms with Crippen LogP contribution in [0.4, 0.5) is 10.1 Å². The van der Waals surface area contributed by atoms with Gasteiger partial charge in [0.05, 0.1) is 0 Å². The number of amides is 1. The van der Waals surface area contributed by atoms with Crippen molar-refractivity contribution in [3.8, 4) is 5.75 Å². The lowest BCUT2D eigenvalue weighted by atomic mass is 10.1. The highest BCUT2D eigenvalue weighted by Crippen LogP contribution is 2.17. The van der Waals surface area contributed by atoms with E-state index in [0.717, 1.165) is 0 Å². The Morgan fingerprint density at radius 3 is 2.35 bits per heavy atom. The largest absolute Gasteiger partial charge is 0.481 e. The molecule has 0 saturated carbocycles. The highest BCUT2D eigenvalue weighted by molar-refractivity contribution is 5.95. The highest BCUT2D eigenvalue weighted by atomic mass is 19.1. The van der Waals surface area contributed by atoms with E-state index in [-0.39, 0.29) is 17.5 Å². The molecule has 0 spiro atoms. The standard InChI is InChI=1S/C18H18FNO3/c1-11-4-7-15(10-17(11)19)20-18(22)13(3)23-16-8-5-14(6-9-16)12(2)21/h4-10,13H,1-3H3,(H,20,22)/t13-/m1/s1. The summed E-state index contributed by atoms with van der Waals surface area (Å²) in [6, 6.07) is 11.0. The van der Waals surface area contributed by atoms with Crippen LogP contribution >= 0.6 is 0 Å². The van der Waals surface area contributed by atoms with E-state index in [2.05, 4.69) is 5.32 Å². The lowest BCUT2D eigenvalue weighted by Crippen LogP contribution is -2.30. The summed E-state index contributed by atoms with van der Waals surface area (Å²) in [4.78, 5) is 23.3. The summed E-state index contributed by atoms with van der Waals surface area (Å²) in [5.74, 6) is -0.323. The van der Waals surface area contributed by atoms with E-state index < -0.39 is 6.10 Å². The minimum absolute atomic E-state index is 0.0382. The van der Waals surface area contributed by atoms with Crippen molar-refractivity contribution in [2.75, 3.05) is 5.32 Å². The number of aryl methyl sites for hydroxylation is 1. The summed E-state index contributed by atoms with van der Waals surface area (Å²) in [6.07, 6.45) is -0.762. The van der Waals surface area contributed by atoms with Gasteiger partial charge in [-0.1, -0.05) is 6.07 Å². The van der Waals surface area contributed by atoms with Crippen molar-refractivity contribution in [2.24, 2.45) is 0 Å². The molecule has 0 aromatic heterocycles. The monoisotopic (exact) mass is 315 g/mol. The minimum Gasteiger partial charge on any atom is -0.481 e. The summed E-state index contributed by atoms with van der Waals surface area (Å²) < 4.78 is 19.0. The third kappa shape index (κ3) is 4.39. The number of ether oxygens (including phenoxy) is 1. The van der Waals surface area contributed by atoms with E-state index in [1.165, 1.54) is 13.0 Å². The zero-order chi connectivity index (χ0) is 17.0. The number of nitrogens with one attached hydrogen (secondary N) is 1. The fraction of sp³-hybridized carbons (Fsp3) is 0.222. The first-order valence-electron chi connectivity index (χ1n) is 7.21. The van der Waals surface area contributed by atoms with Crippen LogP contribution in [-0.2, 0) is 4.79 Å². The molecule has 2 aromatic carbocycles. The van der Waals surface area contributed by atoms with Crippen molar-refractivity contribution < 1.29 is 18.7 Å². The number of anilines is 1. The summed E-state index contributed by atoms with van der Waals surface area (Å²) in [5.41, 5.74) is 1.46. The Bertz CT molecular complexity index is 726. The van der Waals surface area contributed by atoms with Crippen molar-refractivity contribution in [1.82, 2.24) is 0 Å². The molecular weight excluding hydrogens is 297 g/mol. The average Bonchev–Trinajstić information content (AvgIpc) is 2.51. The first-order chi connectivity index (χ1) is 10.9. The molecule has 0 fully saturated rings.